The van der Waals surface area contributed by atoms with Crippen LogP contribution >= 0.6 is 23.2 Å². The van der Waals surface area contributed by atoms with Crippen LogP contribution in [0.25, 0.3) is 0 Å². The smallest absolute Gasteiger partial charge is 0.207 e. The predicted molar refractivity (Wildman–Crippen MR) is 33.6 cm³/mol. The van der Waals surface area contributed by atoms with E-state index in [9.17, 15) is 4.21 Å². The molecule has 0 fully saturated rings. The van der Waals surface area contributed by atoms with E-state index in [2.05, 4.69) is 11.2 Å². The summed E-state index contributed by atoms with van der Waals surface area (Å²) in [6.45, 7) is 0. The van der Waals surface area contributed by atoms with Gasteiger partial charge in [-0.25, -0.2) is 4.21 Å². The Kier molecular flexibility index (Phi) is 2.78. The first-order valence-electron chi connectivity index (χ1n) is 1.19. The van der Waals surface area contributed by atoms with Gasteiger partial charge in [-0.15, -0.1) is 0 Å². The van der Waals surface area contributed by atoms with Crippen molar-refractivity contribution in [2.75, 3.05) is 0 Å². The summed E-state index contributed by atoms with van der Waals surface area (Å²) in [5.74, 6) is 0. The fraction of sp³-hybridized carbons (Fsp3) is 1.00. The lowest BCUT2D eigenvalue weighted by Gasteiger charge is -1.93. The molecule has 44 valence electrons. The van der Waals surface area contributed by atoms with Gasteiger partial charge in [-0.3, -0.25) is 0 Å². The highest BCUT2D eigenvalue weighted by Gasteiger charge is 2.09. The molecule has 0 heterocycles. The van der Waals surface area contributed by atoms with Crippen molar-refractivity contribution in [1.29, 1.82) is 0 Å². The average molecular weight is 181 g/mol. The number of rotatable bonds is 1. The van der Waals surface area contributed by atoms with Crippen molar-refractivity contribution in [2.24, 2.45) is 0 Å². The molecule has 0 amide bonds. The van der Waals surface area contributed by atoms with E-state index in [1.165, 1.54) is 0 Å². The zero-order valence-corrected chi connectivity index (χ0v) is 6.15. The molecule has 2 nitrogen and oxygen atoms in total. The Morgan fingerprint density at radius 2 is 1.86 bits per heavy atom. The highest BCUT2D eigenvalue weighted by atomic mass is 35.5. The maximum atomic E-state index is 9.99. The maximum Gasteiger partial charge on any atom is 0.207 e. The van der Waals surface area contributed by atoms with Crippen molar-refractivity contribution in [1.82, 2.24) is 0 Å². The molecule has 0 aliphatic heterocycles. The van der Waals surface area contributed by atoms with Crippen molar-refractivity contribution in [3.05, 3.63) is 0 Å². The van der Waals surface area contributed by atoms with Gasteiger partial charge in [0.05, 0.1) is 0 Å². The maximum absolute atomic E-state index is 9.99. The third kappa shape index (κ3) is 3.49. The van der Waals surface area contributed by atoms with Gasteiger partial charge < -0.3 is 4.55 Å². The second-order valence-electron chi connectivity index (χ2n) is 0.776. The highest BCUT2D eigenvalue weighted by Crippen LogP contribution is 2.08. The van der Waals surface area contributed by atoms with Gasteiger partial charge in [0.25, 0.3) is 0 Å². The van der Waals surface area contributed by atoms with Crippen LogP contribution in [0.5, 0.6) is 0 Å². The van der Waals surface area contributed by atoms with Crippen molar-refractivity contribution in [3.8, 4) is 0 Å². The molecule has 1 N–H and O–H groups in total. The molecule has 0 aromatic rings. The van der Waals surface area contributed by atoms with Crippen molar-refractivity contribution in [2.45, 2.75) is 4.17 Å². The summed E-state index contributed by atoms with van der Waals surface area (Å²) in [5, 5.41) is 0. The minimum absolute atomic E-state index is 1.36. The van der Waals surface area contributed by atoms with E-state index in [4.69, 9.17) is 27.8 Å². The third-order valence-electron chi connectivity index (χ3n) is 0.225. The molecule has 0 spiro atoms. The van der Waals surface area contributed by atoms with Crippen molar-refractivity contribution < 1.29 is 8.76 Å². The lowest BCUT2D eigenvalue weighted by Crippen LogP contribution is -2.03. The van der Waals surface area contributed by atoms with Crippen molar-refractivity contribution >= 4 is 43.2 Å². The van der Waals surface area contributed by atoms with Crippen LogP contribution in [-0.2, 0) is 20.0 Å². The van der Waals surface area contributed by atoms with E-state index >= 15 is 0 Å². The van der Waals surface area contributed by atoms with E-state index in [1.807, 2.05) is 0 Å². The summed E-state index contributed by atoms with van der Waals surface area (Å²) >= 11 is 13.7. The van der Waals surface area contributed by atoms with Crippen molar-refractivity contribution in [3.63, 3.8) is 0 Å². The Bertz CT molecular complexity index is 136. The topological polar surface area (TPSA) is 37.3 Å². The Morgan fingerprint density at radius 3 is 1.86 bits per heavy atom. The van der Waals surface area contributed by atoms with Gasteiger partial charge in [0.2, 0.25) is 4.17 Å². The summed E-state index contributed by atoms with van der Waals surface area (Å²) in [4.78, 5) is 0. The van der Waals surface area contributed by atoms with Crippen LogP contribution in [0.15, 0.2) is 0 Å². The lowest BCUT2D eigenvalue weighted by molar-refractivity contribution is 0.564. The first-order chi connectivity index (χ1) is 2.94. The van der Waals surface area contributed by atoms with Gasteiger partial charge in [-0.1, -0.05) is 23.2 Å². The summed E-state index contributed by atoms with van der Waals surface area (Å²) in [5.41, 5.74) is 0. The summed E-state index contributed by atoms with van der Waals surface area (Å²) < 4.78 is 16.8. The standard InChI is InChI=1S/CH2Cl2O2S2/c2-1(3)7(4,5)6/h1H,(H,4,5,6). The van der Waals surface area contributed by atoms with Crippen LogP contribution in [-0.4, -0.2) is 12.9 Å². The second kappa shape index (κ2) is 2.46. The van der Waals surface area contributed by atoms with Crippen LogP contribution in [0.3, 0.4) is 0 Å². The Morgan fingerprint density at radius 1 is 1.71 bits per heavy atom. The minimum atomic E-state index is -3.38. The first-order valence-corrected chi connectivity index (χ1v) is 4.56. The van der Waals surface area contributed by atoms with Crippen LogP contribution in [0.1, 0.15) is 0 Å². The Labute approximate surface area is 56.3 Å². The van der Waals surface area contributed by atoms with Crippen LogP contribution in [0.4, 0.5) is 0 Å². The molecule has 0 saturated heterocycles. The lowest BCUT2D eigenvalue weighted by atomic mass is 11.9. The molecular weight excluding hydrogens is 179 g/mol. The van der Waals surface area contributed by atoms with Gasteiger partial charge in [-0.05, 0) is 0 Å². The van der Waals surface area contributed by atoms with E-state index in [0.29, 0.717) is 0 Å². The molecular formula is CH2Cl2O2S2. The molecule has 6 heteroatoms. The monoisotopic (exact) mass is 180 g/mol. The fourth-order valence-corrected chi connectivity index (χ4v) is 0. The van der Waals surface area contributed by atoms with Gasteiger partial charge in [-0.2, -0.15) is 0 Å². The predicted octanol–water partition coefficient (Wildman–Crippen LogP) is 0.967. The summed E-state index contributed by atoms with van der Waals surface area (Å²) in [6, 6.07) is 0. The van der Waals surface area contributed by atoms with Crippen LogP contribution in [0, 0.1) is 0 Å². The number of halogens is 2. The van der Waals surface area contributed by atoms with E-state index in [1.54, 1.807) is 0 Å². The Hall–Kier alpha value is 0.910. The normalized spacial score (nSPS) is 19.4. The van der Waals surface area contributed by atoms with Gasteiger partial charge in [0, 0.05) is 11.2 Å². The second-order valence-corrected chi connectivity index (χ2v) is 5.32. The van der Waals surface area contributed by atoms with Crippen LogP contribution in [0.2, 0.25) is 0 Å². The van der Waals surface area contributed by atoms with E-state index < -0.39 is 12.9 Å². The highest BCUT2D eigenvalue weighted by molar-refractivity contribution is 8.31. The molecule has 0 aromatic carbocycles. The molecule has 1 unspecified atom stereocenters. The largest absolute Gasteiger partial charge is 0.304 e. The van der Waals surface area contributed by atoms with E-state index in [-0.39, 0.29) is 0 Å². The average Bonchev–Trinajstić information content (AvgIpc) is 1.31. The molecule has 0 saturated carbocycles. The quantitative estimate of drug-likeness (QED) is 0.612. The number of alkyl halides is 2. The summed E-state index contributed by atoms with van der Waals surface area (Å²) in [7, 11) is -3.38. The Balaban J connectivity index is 4.10. The van der Waals surface area contributed by atoms with Gasteiger partial charge in [0.15, 0.2) is 8.77 Å². The molecule has 7 heavy (non-hydrogen) atoms. The molecule has 0 radical (unpaired) electrons. The molecule has 0 rings (SSSR count). The van der Waals surface area contributed by atoms with E-state index in [0.717, 1.165) is 0 Å². The molecule has 0 aliphatic rings. The molecule has 0 aromatic heterocycles. The number of hydrogen-bond acceptors (Lipinski definition) is 2. The number of hydrogen-bond donors (Lipinski definition) is 1. The fourth-order valence-electron chi connectivity index (χ4n) is 0. The molecule has 1 atom stereocenters. The van der Waals surface area contributed by atoms with Gasteiger partial charge >= 0.3 is 0 Å². The first kappa shape index (κ1) is 7.91. The van der Waals surface area contributed by atoms with Gasteiger partial charge in [0.1, 0.15) is 0 Å². The zero-order chi connectivity index (χ0) is 6.08. The molecule has 0 bridgehead atoms. The third-order valence-corrected chi connectivity index (χ3v) is 3.34. The molecule has 0 aliphatic carbocycles. The zero-order valence-electron chi connectivity index (χ0n) is 3.01. The SMILES string of the molecule is O=S(O)(=S)C(Cl)Cl. The van der Waals surface area contributed by atoms with Crippen LogP contribution < -0.4 is 0 Å². The summed E-state index contributed by atoms with van der Waals surface area (Å²) in [6.07, 6.45) is 0. The minimum Gasteiger partial charge on any atom is -0.304 e.